The van der Waals surface area contributed by atoms with Crippen LogP contribution in [0.3, 0.4) is 0 Å². The second kappa shape index (κ2) is 13.4. The van der Waals surface area contributed by atoms with Gasteiger partial charge in [-0.1, -0.05) is 19.1 Å². The summed E-state index contributed by atoms with van der Waals surface area (Å²) in [6.07, 6.45) is 4.00. The number of unbranched alkanes of at least 4 members (excludes halogenated alkanes) is 1. The first-order chi connectivity index (χ1) is 14.5. The monoisotopic (exact) mass is 426 g/mol. The molecule has 1 aromatic rings. The number of aliphatic hydroxyl groups excluding tert-OH is 1. The summed E-state index contributed by atoms with van der Waals surface area (Å²) in [5, 5.41) is 16.8. The molecule has 30 heavy (non-hydrogen) atoms. The number of aliphatic hydroxyl groups is 1. The van der Waals surface area contributed by atoms with Gasteiger partial charge >= 0.3 is 6.61 Å². The molecule has 1 aliphatic heterocycles. The molecule has 0 aromatic heterocycles. The Morgan fingerprint density at radius 1 is 1.20 bits per heavy atom. The number of nitrogens with zero attached hydrogens (tertiary/aromatic N) is 2. The first-order valence-corrected chi connectivity index (χ1v) is 10.9. The average molecular weight is 427 g/mol. The lowest BCUT2D eigenvalue weighted by molar-refractivity contribution is -0.0498. The van der Waals surface area contributed by atoms with Crippen LogP contribution in [-0.2, 0) is 0 Å². The summed E-state index contributed by atoms with van der Waals surface area (Å²) in [6.45, 7) is 6.77. The molecule has 8 heteroatoms. The van der Waals surface area contributed by atoms with Gasteiger partial charge in [-0.3, -0.25) is 4.99 Å². The van der Waals surface area contributed by atoms with Crippen molar-refractivity contribution in [2.45, 2.75) is 52.2 Å². The van der Waals surface area contributed by atoms with Crippen LogP contribution in [0.15, 0.2) is 29.3 Å². The Labute approximate surface area is 178 Å². The highest BCUT2D eigenvalue weighted by Gasteiger charge is 2.14. The van der Waals surface area contributed by atoms with Gasteiger partial charge in [0.1, 0.15) is 5.75 Å². The highest BCUT2D eigenvalue weighted by atomic mass is 19.3. The lowest BCUT2D eigenvalue weighted by Gasteiger charge is -2.30. The number of guanidine groups is 1. The zero-order chi connectivity index (χ0) is 21.8. The summed E-state index contributed by atoms with van der Waals surface area (Å²) in [6, 6.07) is 5.97. The highest BCUT2D eigenvalue weighted by molar-refractivity contribution is 5.79. The van der Waals surface area contributed by atoms with Gasteiger partial charge in [0, 0.05) is 13.1 Å². The van der Waals surface area contributed by atoms with E-state index in [0.717, 1.165) is 38.4 Å². The van der Waals surface area contributed by atoms with Crippen molar-refractivity contribution in [1.29, 1.82) is 0 Å². The Hall–Kier alpha value is -1.93. The van der Waals surface area contributed by atoms with Gasteiger partial charge < -0.3 is 25.4 Å². The average Bonchev–Trinajstić information content (AvgIpc) is 2.73. The van der Waals surface area contributed by atoms with Gasteiger partial charge in [0.2, 0.25) is 0 Å². The molecule has 0 spiro atoms. The van der Waals surface area contributed by atoms with E-state index in [1.54, 1.807) is 12.1 Å². The molecule has 3 N–H and O–H groups in total. The second-order valence-electron chi connectivity index (χ2n) is 7.84. The van der Waals surface area contributed by atoms with Crippen LogP contribution >= 0.6 is 0 Å². The van der Waals surface area contributed by atoms with Crippen LogP contribution in [0.4, 0.5) is 8.78 Å². The Morgan fingerprint density at radius 3 is 2.53 bits per heavy atom. The third-order valence-corrected chi connectivity index (χ3v) is 5.33. The quantitative estimate of drug-likeness (QED) is 0.288. The van der Waals surface area contributed by atoms with Crippen LogP contribution in [0.2, 0.25) is 0 Å². The van der Waals surface area contributed by atoms with Crippen molar-refractivity contribution in [2.75, 3.05) is 39.3 Å². The molecule has 0 radical (unpaired) electrons. The van der Waals surface area contributed by atoms with E-state index in [0.29, 0.717) is 11.5 Å². The van der Waals surface area contributed by atoms with E-state index in [2.05, 4.69) is 32.2 Å². The minimum atomic E-state index is -2.86. The van der Waals surface area contributed by atoms with Crippen molar-refractivity contribution < 1.29 is 18.6 Å². The molecule has 0 saturated carbocycles. The van der Waals surface area contributed by atoms with Crippen molar-refractivity contribution in [3.63, 3.8) is 0 Å². The van der Waals surface area contributed by atoms with Gasteiger partial charge in [0.25, 0.3) is 0 Å². The number of halogens is 2. The summed E-state index contributed by atoms with van der Waals surface area (Å²) >= 11 is 0. The number of ether oxygens (including phenoxy) is 1. The van der Waals surface area contributed by atoms with E-state index in [1.165, 1.54) is 38.1 Å². The maximum atomic E-state index is 12.2. The predicted molar refractivity (Wildman–Crippen MR) is 116 cm³/mol. The molecule has 6 nitrogen and oxygen atoms in total. The van der Waals surface area contributed by atoms with Gasteiger partial charge in [-0.05, 0) is 75.9 Å². The molecule has 2 rings (SSSR count). The molecular weight excluding hydrogens is 390 g/mol. The standard InChI is InChI=1S/C22H36F2N4O2/c1-3-25-22(26-12-4-5-13-28-14-10-17(2)11-15-28)27-16-20(29)18-6-8-19(9-7-18)30-21(23)24/h6-9,17,20-21,29H,3-5,10-16H2,1-2H3,(H2,25,26,27). The molecule has 1 aliphatic rings. The van der Waals surface area contributed by atoms with Crippen LogP contribution in [-0.4, -0.2) is 61.8 Å². The third-order valence-electron chi connectivity index (χ3n) is 5.33. The first-order valence-electron chi connectivity index (χ1n) is 10.9. The van der Waals surface area contributed by atoms with Gasteiger partial charge in [-0.2, -0.15) is 8.78 Å². The summed E-state index contributed by atoms with van der Waals surface area (Å²) in [5.74, 6) is 1.60. The number of alkyl halides is 2. The Balaban J connectivity index is 1.71. The summed E-state index contributed by atoms with van der Waals surface area (Å²) in [5.41, 5.74) is 0.604. The zero-order valence-corrected chi connectivity index (χ0v) is 18.1. The van der Waals surface area contributed by atoms with Gasteiger partial charge in [0.15, 0.2) is 5.96 Å². The molecule has 1 fully saturated rings. The fourth-order valence-electron chi connectivity index (χ4n) is 3.45. The Bertz CT molecular complexity index is 620. The number of hydrogen-bond acceptors (Lipinski definition) is 4. The Kier molecular flexibility index (Phi) is 10.9. The second-order valence-corrected chi connectivity index (χ2v) is 7.84. The number of piperidine rings is 1. The molecule has 1 unspecified atom stereocenters. The molecule has 1 saturated heterocycles. The van der Waals surface area contributed by atoms with Crippen LogP contribution in [0, 0.1) is 5.92 Å². The lowest BCUT2D eigenvalue weighted by atomic mass is 9.99. The lowest BCUT2D eigenvalue weighted by Crippen LogP contribution is -2.38. The van der Waals surface area contributed by atoms with Crippen molar-refractivity contribution >= 4 is 5.96 Å². The van der Waals surface area contributed by atoms with Crippen molar-refractivity contribution in [3.8, 4) is 5.75 Å². The van der Waals surface area contributed by atoms with Gasteiger partial charge in [0.05, 0.1) is 12.6 Å². The Morgan fingerprint density at radius 2 is 1.90 bits per heavy atom. The van der Waals surface area contributed by atoms with Crippen molar-refractivity contribution in [1.82, 2.24) is 15.5 Å². The van der Waals surface area contributed by atoms with Crippen LogP contribution < -0.4 is 15.4 Å². The van der Waals surface area contributed by atoms with Gasteiger partial charge in [-0.25, -0.2) is 0 Å². The van der Waals surface area contributed by atoms with E-state index in [-0.39, 0.29) is 12.3 Å². The summed E-state index contributed by atoms with van der Waals surface area (Å²) < 4.78 is 28.8. The fourth-order valence-corrected chi connectivity index (χ4v) is 3.45. The third kappa shape index (κ3) is 9.26. The number of likely N-dealkylation sites (tertiary alicyclic amines) is 1. The topological polar surface area (TPSA) is 69.1 Å². The normalized spacial score (nSPS) is 17.2. The van der Waals surface area contributed by atoms with E-state index < -0.39 is 12.7 Å². The van der Waals surface area contributed by atoms with Gasteiger partial charge in [-0.15, -0.1) is 0 Å². The van der Waals surface area contributed by atoms with E-state index in [1.807, 2.05) is 6.92 Å². The van der Waals surface area contributed by atoms with Crippen molar-refractivity contribution in [2.24, 2.45) is 10.9 Å². The molecule has 170 valence electrons. The van der Waals surface area contributed by atoms with E-state index >= 15 is 0 Å². The summed E-state index contributed by atoms with van der Waals surface area (Å²) in [4.78, 5) is 6.99. The molecule has 0 aliphatic carbocycles. The van der Waals surface area contributed by atoms with E-state index in [9.17, 15) is 13.9 Å². The molecular formula is C22H36F2N4O2. The summed E-state index contributed by atoms with van der Waals surface area (Å²) in [7, 11) is 0. The number of benzene rings is 1. The largest absolute Gasteiger partial charge is 0.435 e. The van der Waals surface area contributed by atoms with Crippen LogP contribution in [0.1, 0.15) is 51.2 Å². The first kappa shape index (κ1) is 24.3. The number of aliphatic imine (C=N–C) groups is 1. The minimum absolute atomic E-state index is 0.0681. The maximum Gasteiger partial charge on any atom is 0.387 e. The molecule has 1 aromatic carbocycles. The molecule has 1 heterocycles. The van der Waals surface area contributed by atoms with Crippen molar-refractivity contribution in [3.05, 3.63) is 29.8 Å². The number of hydrogen-bond donors (Lipinski definition) is 3. The van der Waals surface area contributed by atoms with Crippen LogP contribution in [0.5, 0.6) is 5.75 Å². The van der Waals surface area contributed by atoms with Crippen LogP contribution in [0.25, 0.3) is 0 Å². The highest BCUT2D eigenvalue weighted by Crippen LogP contribution is 2.19. The minimum Gasteiger partial charge on any atom is -0.435 e. The fraction of sp³-hybridized carbons (Fsp3) is 0.682. The molecule has 1 atom stereocenters. The SMILES string of the molecule is CCNC(=NCC(O)c1ccc(OC(F)F)cc1)NCCCCN1CCC(C)CC1. The number of rotatable bonds is 11. The molecule has 0 amide bonds. The number of nitrogens with one attached hydrogen (secondary N) is 2. The predicted octanol–water partition coefficient (Wildman–Crippen LogP) is 3.39. The van der Waals surface area contributed by atoms with E-state index in [4.69, 9.17) is 0 Å². The molecule has 0 bridgehead atoms. The smallest absolute Gasteiger partial charge is 0.387 e. The zero-order valence-electron chi connectivity index (χ0n) is 18.1. The maximum absolute atomic E-state index is 12.2.